The highest BCUT2D eigenvalue weighted by Crippen LogP contribution is 2.17. The van der Waals surface area contributed by atoms with Crippen LogP contribution in [0.4, 0.5) is 5.13 Å². The van der Waals surface area contributed by atoms with Crippen molar-refractivity contribution in [3.8, 4) is 6.07 Å². The molecule has 122 valence electrons. The molecule has 0 saturated carbocycles. The highest BCUT2D eigenvalue weighted by Gasteiger charge is 2.13. The number of benzene rings is 1. The number of nitrogens with one attached hydrogen (secondary N) is 1. The Labute approximate surface area is 143 Å². The van der Waals surface area contributed by atoms with Crippen LogP contribution < -0.4 is 5.32 Å². The molecule has 2 aromatic rings. The van der Waals surface area contributed by atoms with Gasteiger partial charge in [0.05, 0.1) is 18.7 Å². The van der Waals surface area contributed by atoms with Crippen molar-refractivity contribution >= 4 is 34.4 Å². The van der Waals surface area contributed by atoms with Crippen molar-refractivity contribution in [1.82, 2.24) is 4.98 Å². The molecule has 0 aliphatic heterocycles. The van der Waals surface area contributed by atoms with Gasteiger partial charge in [0.2, 0.25) is 0 Å². The first-order valence-electron chi connectivity index (χ1n) is 7.20. The Kier molecular flexibility index (Phi) is 6.23. The number of aromatic nitrogens is 1. The SMILES string of the molecule is CCOC(=O)Cc1csc(NC(=O)/C(C#N)=C/c2ccccc2)n1. The summed E-state index contributed by atoms with van der Waals surface area (Å²) in [5.41, 5.74) is 1.24. The highest BCUT2D eigenvalue weighted by atomic mass is 32.1. The number of hydrogen-bond acceptors (Lipinski definition) is 6. The number of thiazole rings is 1. The molecule has 0 aliphatic rings. The van der Waals surface area contributed by atoms with Gasteiger partial charge >= 0.3 is 5.97 Å². The zero-order valence-electron chi connectivity index (χ0n) is 13.0. The van der Waals surface area contributed by atoms with E-state index in [0.717, 1.165) is 5.56 Å². The third-order valence-corrected chi connectivity index (χ3v) is 3.69. The van der Waals surface area contributed by atoms with E-state index in [2.05, 4.69) is 10.3 Å². The van der Waals surface area contributed by atoms with Gasteiger partial charge in [-0.3, -0.25) is 14.9 Å². The Bertz CT molecular complexity index is 791. The van der Waals surface area contributed by atoms with Crippen LogP contribution in [0.15, 0.2) is 41.3 Å². The molecule has 0 atom stereocenters. The summed E-state index contributed by atoms with van der Waals surface area (Å²) in [6, 6.07) is 11.0. The first-order valence-corrected chi connectivity index (χ1v) is 8.08. The second kappa shape index (κ2) is 8.60. The molecule has 1 N–H and O–H groups in total. The van der Waals surface area contributed by atoms with Crippen LogP contribution in [-0.4, -0.2) is 23.5 Å². The lowest BCUT2D eigenvalue weighted by Crippen LogP contribution is -2.13. The minimum atomic E-state index is -0.543. The van der Waals surface area contributed by atoms with Gasteiger partial charge in [-0.15, -0.1) is 11.3 Å². The summed E-state index contributed by atoms with van der Waals surface area (Å²) in [4.78, 5) is 27.7. The number of esters is 1. The second-order valence-electron chi connectivity index (χ2n) is 4.66. The fourth-order valence-electron chi connectivity index (χ4n) is 1.83. The van der Waals surface area contributed by atoms with Gasteiger partial charge in [0.1, 0.15) is 11.6 Å². The molecule has 1 amide bonds. The molecule has 0 bridgehead atoms. The van der Waals surface area contributed by atoms with E-state index in [9.17, 15) is 9.59 Å². The number of carbonyl (C=O) groups is 2. The average Bonchev–Trinajstić information content (AvgIpc) is 3.00. The maximum Gasteiger partial charge on any atom is 0.311 e. The highest BCUT2D eigenvalue weighted by molar-refractivity contribution is 7.14. The molecule has 1 aromatic carbocycles. The molecule has 1 heterocycles. The van der Waals surface area contributed by atoms with Crippen LogP contribution in [-0.2, 0) is 20.7 Å². The molecule has 0 saturated heterocycles. The smallest absolute Gasteiger partial charge is 0.311 e. The lowest BCUT2D eigenvalue weighted by molar-refractivity contribution is -0.142. The number of nitrogens with zero attached hydrogens (tertiary/aromatic N) is 2. The third-order valence-electron chi connectivity index (χ3n) is 2.88. The van der Waals surface area contributed by atoms with Gasteiger partial charge in [0.15, 0.2) is 5.13 Å². The van der Waals surface area contributed by atoms with Crippen molar-refractivity contribution in [3.05, 3.63) is 52.5 Å². The number of ether oxygens (including phenoxy) is 1. The molecule has 0 aliphatic carbocycles. The predicted octanol–water partition coefficient (Wildman–Crippen LogP) is 2.79. The van der Waals surface area contributed by atoms with Gasteiger partial charge in [-0.25, -0.2) is 4.98 Å². The van der Waals surface area contributed by atoms with Crippen molar-refractivity contribution in [3.63, 3.8) is 0 Å². The monoisotopic (exact) mass is 341 g/mol. The lowest BCUT2D eigenvalue weighted by atomic mass is 10.1. The molecule has 2 rings (SSSR count). The maximum absolute atomic E-state index is 12.2. The van der Waals surface area contributed by atoms with Crippen LogP contribution in [0.3, 0.4) is 0 Å². The molecule has 6 nitrogen and oxygen atoms in total. The standard InChI is InChI=1S/C17H15N3O3S/c1-2-23-15(21)9-14-11-24-17(19-14)20-16(22)13(10-18)8-12-6-4-3-5-7-12/h3-8,11H,2,9H2,1H3,(H,19,20,22)/b13-8+. The van der Waals surface area contributed by atoms with E-state index in [-0.39, 0.29) is 18.0 Å². The molecule has 0 spiro atoms. The quantitative estimate of drug-likeness (QED) is 0.495. The second-order valence-corrected chi connectivity index (χ2v) is 5.52. The fourth-order valence-corrected chi connectivity index (χ4v) is 2.54. The van der Waals surface area contributed by atoms with Crippen molar-refractivity contribution in [2.24, 2.45) is 0 Å². The van der Waals surface area contributed by atoms with E-state index in [1.165, 1.54) is 17.4 Å². The van der Waals surface area contributed by atoms with E-state index >= 15 is 0 Å². The van der Waals surface area contributed by atoms with Crippen molar-refractivity contribution in [1.29, 1.82) is 5.26 Å². The molecule has 1 aromatic heterocycles. The lowest BCUT2D eigenvalue weighted by Gasteiger charge is -2.00. The maximum atomic E-state index is 12.2. The van der Waals surface area contributed by atoms with Gasteiger partial charge in [-0.05, 0) is 18.6 Å². The molecular weight excluding hydrogens is 326 g/mol. The Morgan fingerprint density at radius 3 is 2.79 bits per heavy atom. The summed E-state index contributed by atoms with van der Waals surface area (Å²) in [5, 5.41) is 13.7. The number of amides is 1. The minimum absolute atomic E-state index is 0.0247. The van der Waals surface area contributed by atoms with E-state index < -0.39 is 5.91 Å². The van der Waals surface area contributed by atoms with Gasteiger partial charge in [-0.2, -0.15) is 5.26 Å². The number of nitriles is 1. The molecule has 0 fully saturated rings. The summed E-state index contributed by atoms with van der Waals surface area (Å²) in [5.74, 6) is -0.916. The summed E-state index contributed by atoms with van der Waals surface area (Å²) < 4.78 is 4.84. The van der Waals surface area contributed by atoms with E-state index in [4.69, 9.17) is 10.00 Å². The molecule has 0 radical (unpaired) electrons. The Morgan fingerprint density at radius 2 is 2.12 bits per heavy atom. The van der Waals surface area contributed by atoms with Gasteiger partial charge < -0.3 is 4.74 Å². The van der Waals surface area contributed by atoms with Crippen LogP contribution in [0.1, 0.15) is 18.2 Å². The predicted molar refractivity (Wildman–Crippen MR) is 91.1 cm³/mol. The summed E-state index contributed by atoms with van der Waals surface area (Å²) in [6.45, 7) is 2.04. The van der Waals surface area contributed by atoms with Crippen LogP contribution in [0.25, 0.3) is 6.08 Å². The van der Waals surface area contributed by atoms with Crippen LogP contribution in [0.2, 0.25) is 0 Å². The largest absolute Gasteiger partial charge is 0.466 e. The first kappa shape index (κ1) is 17.4. The van der Waals surface area contributed by atoms with E-state index in [1.54, 1.807) is 24.4 Å². The van der Waals surface area contributed by atoms with Crippen molar-refractivity contribution in [2.75, 3.05) is 11.9 Å². The number of anilines is 1. The average molecular weight is 341 g/mol. The first-order chi connectivity index (χ1) is 11.6. The normalized spacial score (nSPS) is 10.8. The number of rotatable bonds is 6. The minimum Gasteiger partial charge on any atom is -0.466 e. The number of hydrogen-bond donors (Lipinski definition) is 1. The molecule has 0 unspecified atom stereocenters. The molecular formula is C17H15N3O3S. The van der Waals surface area contributed by atoms with E-state index in [1.807, 2.05) is 24.3 Å². The van der Waals surface area contributed by atoms with Gasteiger partial charge in [0, 0.05) is 5.38 Å². The summed E-state index contributed by atoms with van der Waals surface area (Å²) in [7, 11) is 0. The van der Waals surface area contributed by atoms with Crippen LogP contribution >= 0.6 is 11.3 Å². The zero-order valence-corrected chi connectivity index (χ0v) is 13.8. The van der Waals surface area contributed by atoms with Crippen LogP contribution in [0.5, 0.6) is 0 Å². The fraction of sp³-hybridized carbons (Fsp3) is 0.176. The van der Waals surface area contributed by atoms with E-state index in [0.29, 0.717) is 17.4 Å². The third kappa shape index (κ3) is 5.04. The van der Waals surface area contributed by atoms with Crippen molar-refractivity contribution < 1.29 is 14.3 Å². The Balaban J connectivity index is 2.03. The van der Waals surface area contributed by atoms with Gasteiger partial charge in [-0.1, -0.05) is 30.3 Å². The zero-order chi connectivity index (χ0) is 17.4. The van der Waals surface area contributed by atoms with Gasteiger partial charge in [0.25, 0.3) is 5.91 Å². The summed E-state index contributed by atoms with van der Waals surface area (Å²) >= 11 is 1.18. The topological polar surface area (TPSA) is 92.1 Å². The Morgan fingerprint density at radius 1 is 1.38 bits per heavy atom. The van der Waals surface area contributed by atoms with Crippen LogP contribution in [0, 0.1) is 11.3 Å². The van der Waals surface area contributed by atoms with Crippen molar-refractivity contribution in [2.45, 2.75) is 13.3 Å². The summed E-state index contributed by atoms with van der Waals surface area (Å²) in [6.07, 6.45) is 1.55. The number of carbonyl (C=O) groups excluding carboxylic acids is 2. The molecule has 7 heteroatoms. The molecule has 24 heavy (non-hydrogen) atoms. The Hall–Kier alpha value is -2.98.